The third kappa shape index (κ3) is 4.31. The maximum atomic E-state index is 2.51. The van der Waals surface area contributed by atoms with Gasteiger partial charge in [-0.25, -0.2) is 0 Å². The van der Waals surface area contributed by atoms with Gasteiger partial charge in [0.2, 0.25) is 0 Å². The van der Waals surface area contributed by atoms with E-state index in [2.05, 4.69) is 62.4 Å². The van der Waals surface area contributed by atoms with Crippen molar-refractivity contribution in [2.24, 2.45) is 5.92 Å². The summed E-state index contributed by atoms with van der Waals surface area (Å²) in [4.78, 5) is 0. The molecule has 0 radical (unpaired) electrons. The minimum Gasteiger partial charge on any atom is -0.0649 e. The van der Waals surface area contributed by atoms with E-state index in [0.29, 0.717) is 5.92 Å². The van der Waals surface area contributed by atoms with Crippen LogP contribution in [0.5, 0.6) is 0 Å². The molecule has 134 valence electrons. The maximum Gasteiger partial charge on any atom is 0 e. The summed E-state index contributed by atoms with van der Waals surface area (Å²) in [7, 11) is 0. The van der Waals surface area contributed by atoms with Gasteiger partial charge in [-0.3, -0.25) is 0 Å². The zero-order chi connectivity index (χ0) is 17.2. The molecule has 0 aliphatic heterocycles. The number of rotatable bonds is 4. The smallest absolute Gasteiger partial charge is 0 e. The molecule has 26 heavy (non-hydrogen) atoms. The molecular weight excluding hydrogens is 391 g/mol. The number of hydrogen-bond acceptors (Lipinski definition) is 0. The fourth-order valence-corrected chi connectivity index (χ4v) is 4.63. The van der Waals surface area contributed by atoms with Crippen molar-refractivity contribution in [2.45, 2.75) is 64.7 Å². The Morgan fingerprint density at radius 2 is 1.65 bits per heavy atom. The van der Waals surface area contributed by atoms with Gasteiger partial charge in [-0.2, -0.15) is 0 Å². The quantitative estimate of drug-likeness (QED) is 0.483. The van der Waals surface area contributed by atoms with Crippen molar-refractivity contribution in [3.63, 3.8) is 0 Å². The molecule has 2 aromatic carbocycles. The number of fused-ring (bicyclic) bond motifs is 1. The molecule has 0 N–H and O–H groups in total. The molecule has 2 aliphatic carbocycles. The van der Waals surface area contributed by atoms with Gasteiger partial charge in [-0.1, -0.05) is 100 Å². The van der Waals surface area contributed by atoms with Crippen LogP contribution in [-0.2, 0) is 32.6 Å². The van der Waals surface area contributed by atoms with Gasteiger partial charge in [-0.15, -0.1) is 0 Å². The summed E-state index contributed by atoms with van der Waals surface area (Å²) in [5, 5.41) is 0. The van der Waals surface area contributed by atoms with Crippen molar-refractivity contribution in [2.75, 3.05) is 0 Å². The average molecular weight is 422 g/mol. The number of benzene rings is 2. The number of allylic oxidation sites excluding steroid dienone is 1. The molecule has 0 spiro atoms. The summed E-state index contributed by atoms with van der Waals surface area (Å²) in [5.74, 6) is 1.53. The SMILES string of the molecule is CC(C)c1ccc(-c2cccc3c2C=C(CC2CCCCC2)C3)cc1.[Zr]. The van der Waals surface area contributed by atoms with Crippen LogP contribution in [0.15, 0.2) is 48.0 Å². The summed E-state index contributed by atoms with van der Waals surface area (Å²) < 4.78 is 0. The molecule has 0 bridgehead atoms. The molecule has 0 unspecified atom stereocenters. The summed E-state index contributed by atoms with van der Waals surface area (Å²) in [6.07, 6.45) is 12.2. The second kappa shape index (κ2) is 8.83. The Hall–Kier alpha value is -0.937. The van der Waals surface area contributed by atoms with E-state index in [1.54, 1.807) is 5.57 Å². The van der Waals surface area contributed by atoms with Crippen LogP contribution in [0.3, 0.4) is 0 Å². The molecule has 0 nitrogen and oxygen atoms in total. The normalized spacial score (nSPS) is 17.0. The van der Waals surface area contributed by atoms with Gasteiger partial charge in [0.15, 0.2) is 0 Å². The van der Waals surface area contributed by atoms with Crippen molar-refractivity contribution >= 4 is 6.08 Å². The fourth-order valence-electron chi connectivity index (χ4n) is 4.63. The minimum absolute atomic E-state index is 0. The standard InChI is InChI=1S/C25H30.Zr/c1-18(2)21-11-13-22(14-12-21)24-10-6-9-23-16-20(17-25(23)24)15-19-7-4-3-5-8-19;/h6,9-14,17-19H,3-5,7-8,15-16H2,1-2H3;. The summed E-state index contributed by atoms with van der Waals surface area (Å²) >= 11 is 0. The first kappa shape index (κ1) is 19.8. The third-order valence-electron chi connectivity index (χ3n) is 6.13. The Balaban J connectivity index is 0.00000196. The van der Waals surface area contributed by atoms with Gasteiger partial charge in [0, 0.05) is 26.2 Å². The molecule has 0 amide bonds. The van der Waals surface area contributed by atoms with E-state index in [4.69, 9.17) is 0 Å². The van der Waals surface area contributed by atoms with Crippen LogP contribution in [0.25, 0.3) is 17.2 Å². The van der Waals surface area contributed by atoms with Crippen molar-refractivity contribution in [1.82, 2.24) is 0 Å². The van der Waals surface area contributed by atoms with Gasteiger partial charge in [0.05, 0.1) is 0 Å². The van der Waals surface area contributed by atoms with Crippen LogP contribution < -0.4 is 0 Å². The van der Waals surface area contributed by atoms with Crippen molar-refractivity contribution in [1.29, 1.82) is 0 Å². The van der Waals surface area contributed by atoms with E-state index in [1.165, 1.54) is 72.8 Å². The first-order valence-corrected chi connectivity index (χ1v) is 10.1. The van der Waals surface area contributed by atoms with E-state index >= 15 is 0 Å². The first-order chi connectivity index (χ1) is 12.2. The van der Waals surface area contributed by atoms with Crippen molar-refractivity contribution in [3.05, 3.63) is 64.7 Å². The second-order valence-corrected chi connectivity index (χ2v) is 8.34. The average Bonchev–Trinajstić information content (AvgIpc) is 3.05. The van der Waals surface area contributed by atoms with Gasteiger partial charge in [-0.05, 0) is 52.5 Å². The van der Waals surface area contributed by atoms with Crippen LogP contribution in [-0.4, -0.2) is 0 Å². The minimum atomic E-state index is 0. The van der Waals surface area contributed by atoms with Gasteiger partial charge in [0.25, 0.3) is 0 Å². The van der Waals surface area contributed by atoms with Crippen LogP contribution in [0.4, 0.5) is 0 Å². The first-order valence-electron chi connectivity index (χ1n) is 10.1. The topological polar surface area (TPSA) is 0 Å². The maximum absolute atomic E-state index is 2.51. The predicted octanol–water partition coefficient (Wildman–Crippen LogP) is 7.38. The molecule has 0 heterocycles. The Kier molecular flexibility index (Phi) is 6.73. The van der Waals surface area contributed by atoms with E-state index in [1.807, 2.05) is 0 Å². The summed E-state index contributed by atoms with van der Waals surface area (Å²) in [5.41, 5.74) is 8.85. The molecule has 0 saturated heterocycles. The molecule has 1 fully saturated rings. The molecular formula is C25H30Zr. The van der Waals surface area contributed by atoms with Crippen molar-refractivity contribution < 1.29 is 26.2 Å². The summed E-state index contributed by atoms with van der Waals surface area (Å²) in [6, 6.07) is 16.1. The molecule has 4 rings (SSSR count). The zero-order valence-electron chi connectivity index (χ0n) is 16.2. The second-order valence-electron chi connectivity index (χ2n) is 8.34. The Morgan fingerprint density at radius 1 is 0.923 bits per heavy atom. The third-order valence-corrected chi connectivity index (χ3v) is 6.13. The fraction of sp³-hybridized carbons (Fsp3) is 0.440. The number of hydrogen-bond donors (Lipinski definition) is 0. The molecule has 2 aromatic rings. The molecule has 1 saturated carbocycles. The van der Waals surface area contributed by atoms with Gasteiger partial charge < -0.3 is 0 Å². The summed E-state index contributed by atoms with van der Waals surface area (Å²) in [6.45, 7) is 4.52. The van der Waals surface area contributed by atoms with Gasteiger partial charge >= 0.3 is 0 Å². The Bertz CT molecular complexity index is 761. The molecule has 0 aromatic heterocycles. The van der Waals surface area contributed by atoms with Crippen LogP contribution in [0.1, 0.15) is 75.0 Å². The predicted molar refractivity (Wildman–Crippen MR) is 109 cm³/mol. The largest absolute Gasteiger partial charge is 0.0649 e. The van der Waals surface area contributed by atoms with E-state index in [9.17, 15) is 0 Å². The molecule has 1 heteroatoms. The monoisotopic (exact) mass is 420 g/mol. The van der Waals surface area contributed by atoms with Gasteiger partial charge in [0.1, 0.15) is 0 Å². The van der Waals surface area contributed by atoms with Crippen LogP contribution >= 0.6 is 0 Å². The zero-order valence-corrected chi connectivity index (χ0v) is 18.7. The van der Waals surface area contributed by atoms with E-state index in [-0.39, 0.29) is 26.2 Å². The van der Waals surface area contributed by atoms with Crippen molar-refractivity contribution in [3.8, 4) is 11.1 Å². The molecule has 2 aliphatic rings. The van der Waals surface area contributed by atoms with E-state index < -0.39 is 0 Å². The van der Waals surface area contributed by atoms with E-state index in [0.717, 1.165) is 5.92 Å². The Labute approximate surface area is 178 Å². The molecule has 0 atom stereocenters. The van der Waals surface area contributed by atoms with Crippen LogP contribution in [0, 0.1) is 5.92 Å². The Morgan fingerprint density at radius 3 is 2.35 bits per heavy atom. The van der Waals surface area contributed by atoms with Crippen LogP contribution in [0.2, 0.25) is 0 Å².